The zero-order valence-electron chi connectivity index (χ0n) is 11.6. The van der Waals surface area contributed by atoms with Crippen LogP contribution in [0.25, 0.3) is 0 Å². The van der Waals surface area contributed by atoms with E-state index in [1.807, 2.05) is 26.0 Å². The monoisotopic (exact) mass is 290 g/mol. The largest absolute Gasteiger partial charge is 0.347 e. The number of thiophene rings is 1. The lowest BCUT2D eigenvalue weighted by molar-refractivity contribution is 0.0951. The number of nitrogens with two attached hydrogens (primary N) is 1. The van der Waals surface area contributed by atoms with Crippen LogP contribution in [-0.2, 0) is 13.0 Å². The van der Waals surface area contributed by atoms with Gasteiger partial charge in [0.2, 0.25) is 0 Å². The third-order valence-electron chi connectivity index (χ3n) is 2.87. The number of nitrogens with zero attached hydrogens (tertiary/aromatic N) is 1. The minimum absolute atomic E-state index is 0.121. The second-order valence-corrected chi connectivity index (χ2v) is 5.80. The quantitative estimate of drug-likeness (QED) is 0.583. The fraction of sp³-hybridized carbons (Fsp3) is 0.286. The highest BCUT2D eigenvalue weighted by Crippen LogP contribution is 2.15. The molecule has 0 aliphatic rings. The number of aromatic nitrogens is 1. The standard InChI is InChI=1S/C14H18N4OS/c1-3-11-6-10(7-13(17-11)18-15)14(19)16-8-12-5-4-9(2)20-12/h4-7H,3,8,15H2,1-2H3,(H,16,19)(H,17,18). The summed E-state index contributed by atoms with van der Waals surface area (Å²) >= 11 is 1.68. The fourth-order valence-electron chi connectivity index (χ4n) is 1.82. The Morgan fingerprint density at radius 2 is 2.20 bits per heavy atom. The van der Waals surface area contributed by atoms with Crippen molar-refractivity contribution in [3.63, 3.8) is 0 Å². The Balaban J connectivity index is 2.08. The minimum atomic E-state index is -0.121. The molecule has 0 aliphatic heterocycles. The van der Waals surface area contributed by atoms with Gasteiger partial charge in [-0.2, -0.15) is 0 Å². The minimum Gasteiger partial charge on any atom is -0.347 e. The van der Waals surface area contributed by atoms with E-state index in [4.69, 9.17) is 5.84 Å². The van der Waals surface area contributed by atoms with Gasteiger partial charge in [-0.3, -0.25) is 4.79 Å². The zero-order valence-corrected chi connectivity index (χ0v) is 12.4. The molecule has 0 fully saturated rings. The topological polar surface area (TPSA) is 80.0 Å². The summed E-state index contributed by atoms with van der Waals surface area (Å²) in [5.41, 5.74) is 3.88. The maximum Gasteiger partial charge on any atom is 0.251 e. The predicted molar refractivity (Wildman–Crippen MR) is 81.7 cm³/mol. The Hall–Kier alpha value is -1.92. The normalized spacial score (nSPS) is 10.3. The number of hydrazine groups is 1. The highest BCUT2D eigenvalue weighted by Gasteiger charge is 2.09. The van der Waals surface area contributed by atoms with Crippen molar-refractivity contribution in [3.8, 4) is 0 Å². The van der Waals surface area contributed by atoms with E-state index in [1.165, 1.54) is 4.88 Å². The van der Waals surface area contributed by atoms with Crippen LogP contribution in [0.4, 0.5) is 5.82 Å². The Labute approximate surface area is 122 Å². The lowest BCUT2D eigenvalue weighted by atomic mass is 10.2. The van der Waals surface area contributed by atoms with Gasteiger partial charge in [0, 0.05) is 21.0 Å². The molecular weight excluding hydrogens is 272 g/mol. The number of nitrogens with one attached hydrogen (secondary N) is 2. The van der Waals surface area contributed by atoms with E-state index < -0.39 is 0 Å². The van der Waals surface area contributed by atoms with E-state index >= 15 is 0 Å². The van der Waals surface area contributed by atoms with Gasteiger partial charge >= 0.3 is 0 Å². The zero-order chi connectivity index (χ0) is 14.5. The SMILES string of the molecule is CCc1cc(C(=O)NCc2ccc(C)s2)cc(NN)n1. The van der Waals surface area contributed by atoms with Crippen LogP contribution < -0.4 is 16.6 Å². The molecule has 0 atom stereocenters. The lowest BCUT2D eigenvalue weighted by Gasteiger charge is -2.08. The third-order valence-corrected chi connectivity index (χ3v) is 3.87. The van der Waals surface area contributed by atoms with Gasteiger partial charge in [0.15, 0.2) is 0 Å². The molecule has 6 heteroatoms. The Morgan fingerprint density at radius 3 is 2.80 bits per heavy atom. The van der Waals surface area contributed by atoms with Crippen molar-refractivity contribution >= 4 is 23.1 Å². The molecule has 20 heavy (non-hydrogen) atoms. The number of aryl methyl sites for hydroxylation is 2. The van der Waals surface area contributed by atoms with E-state index in [0.29, 0.717) is 17.9 Å². The number of amides is 1. The van der Waals surface area contributed by atoms with Crippen LogP contribution in [0.2, 0.25) is 0 Å². The third kappa shape index (κ3) is 3.55. The molecule has 2 rings (SSSR count). The van der Waals surface area contributed by atoms with Crippen LogP contribution >= 0.6 is 11.3 Å². The van der Waals surface area contributed by atoms with Gasteiger partial charge in [-0.05, 0) is 37.6 Å². The fourth-order valence-corrected chi connectivity index (χ4v) is 2.65. The molecule has 0 aliphatic carbocycles. The van der Waals surface area contributed by atoms with Gasteiger partial charge in [-0.25, -0.2) is 10.8 Å². The first-order valence-electron chi connectivity index (χ1n) is 6.43. The van der Waals surface area contributed by atoms with Crippen molar-refractivity contribution in [2.75, 3.05) is 5.43 Å². The molecule has 0 unspecified atom stereocenters. The second kappa shape index (κ2) is 6.49. The van der Waals surface area contributed by atoms with E-state index in [1.54, 1.807) is 23.5 Å². The van der Waals surface area contributed by atoms with E-state index in [2.05, 4.69) is 15.7 Å². The number of hydrogen-bond acceptors (Lipinski definition) is 5. The van der Waals surface area contributed by atoms with Crippen LogP contribution in [0.15, 0.2) is 24.3 Å². The summed E-state index contributed by atoms with van der Waals surface area (Å²) in [6, 6.07) is 7.51. The van der Waals surface area contributed by atoms with Gasteiger partial charge in [0.05, 0.1) is 6.54 Å². The van der Waals surface area contributed by atoms with Crippen LogP contribution in [0.5, 0.6) is 0 Å². The first kappa shape index (κ1) is 14.5. The van der Waals surface area contributed by atoms with Crippen LogP contribution in [0, 0.1) is 6.92 Å². The molecule has 0 aromatic carbocycles. The van der Waals surface area contributed by atoms with Gasteiger partial charge in [0.25, 0.3) is 5.91 Å². The van der Waals surface area contributed by atoms with Crippen molar-refractivity contribution in [1.82, 2.24) is 10.3 Å². The van der Waals surface area contributed by atoms with Gasteiger partial charge in [-0.1, -0.05) is 6.92 Å². The number of carbonyl (C=O) groups excluding carboxylic acids is 1. The number of rotatable bonds is 5. The average molecular weight is 290 g/mol. The lowest BCUT2D eigenvalue weighted by Crippen LogP contribution is -2.23. The molecule has 0 bridgehead atoms. The van der Waals surface area contributed by atoms with Crippen LogP contribution in [0.1, 0.15) is 32.7 Å². The average Bonchev–Trinajstić information content (AvgIpc) is 2.89. The molecule has 2 aromatic rings. The number of carbonyl (C=O) groups is 1. The molecule has 2 aromatic heterocycles. The summed E-state index contributed by atoms with van der Waals surface area (Å²) in [7, 11) is 0. The maximum atomic E-state index is 12.2. The predicted octanol–water partition coefficient (Wildman–Crippen LogP) is 2.23. The van der Waals surface area contributed by atoms with Crippen molar-refractivity contribution in [3.05, 3.63) is 45.3 Å². The first-order chi connectivity index (χ1) is 9.62. The molecule has 1 amide bonds. The molecular formula is C14H18N4OS. The van der Waals surface area contributed by atoms with Gasteiger partial charge in [-0.15, -0.1) is 11.3 Å². The summed E-state index contributed by atoms with van der Waals surface area (Å²) in [6.07, 6.45) is 0.750. The molecule has 0 radical (unpaired) electrons. The Bertz CT molecular complexity index is 587. The maximum absolute atomic E-state index is 12.2. The summed E-state index contributed by atoms with van der Waals surface area (Å²) in [5, 5.41) is 2.91. The molecule has 4 N–H and O–H groups in total. The smallest absolute Gasteiger partial charge is 0.251 e. The van der Waals surface area contributed by atoms with E-state index in [-0.39, 0.29) is 5.91 Å². The number of hydrogen-bond donors (Lipinski definition) is 3. The van der Waals surface area contributed by atoms with E-state index in [9.17, 15) is 4.79 Å². The summed E-state index contributed by atoms with van der Waals surface area (Å²) in [6.45, 7) is 4.57. The summed E-state index contributed by atoms with van der Waals surface area (Å²) < 4.78 is 0. The molecule has 5 nitrogen and oxygen atoms in total. The number of pyridine rings is 1. The Kier molecular flexibility index (Phi) is 4.70. The van der Waals surface area contributed by atoms with Crippen molar-refractivity contribution < 1.29 is 4.79 Å². The highest BCUT2D eigenvalue weighted by atomic mass is 32.1. The van der Waals surface area contributed by atoms with E-state index in [0.717, 1.165) is 17.0 Å². The molecule has 2 heterocycles. The second-order valence-electron chi connectivity index (χ2n) is 4.43. The van der Waals surface area contributed by atoms with Crippen LogP contribution in [-0.4, -0.2) is 10.9 Å². The van der Waals surface area contributed by atoms with Crippen molar-refractivity contribution in [1.29, 1.82) is 0 Å². The molecule has 0 saturated heterocycles. The Morgan fingerprint density at radius 1 is 1.40 bits per heavy atom. The van der Waals surface area contributed by atoms with Gasteiger partial charge in [0.1, 0.15) is 5.82 Å². The first-order valence-corrected chi connectivity index (χ1v) is 7.25. The van der Waals surface area contributed by atoms with Crippen LogP contribution in [0.3, 0.4) is 0 Å². The molecule has 0 spiro atoms. The van der Waals surface area contributed by atoms with Crippen molar-refractivity contribution in [2.45, 2.75) is 26.8 Å². The summed E-state index contributed by atoms with van der Waals surface area (Å²) in [5.74, 6) is 5.75. The highest BCUT2D eigenvalue weighted by molar-refractivity contribution is 7.11. The van der Waals surface area contributed by atoms with Crippen molar-refractivity contribution in [2.24, 2.45) is 5.84 Å². The van der Waals surface area contributed by atoms with Gasteiger partial charge < -0.3 is 10.7 Å². The summed E-state index contributed by atoms with van der Waals surface area (Å²) in [4.78, 5) is 18.8. The molecule has 106 valence electrons. The number of nitrogen functional groups attached to an aromatic ring is 1. The molecule has 0 saturated carbocycles. The number of anilines is 1.